The standard InChI is InChI=1S/C12H18F2NO4P/c1-4-18-20(16,19-5-2)12(15)11-9(13)6-8(17-3)7-10(11)14/h6-7,12H,4-5,15H2,1-3H3/t12-/m0/s1. The maximum atomic E-state index is 13.9. The van der Waals surface area contributed by atoms with E-state index in [-0.39, 0.29) is 19.0 Å². The molecule has 0 aromatic heterocycles. The van der Waals surface area contributed by atoms with Gasteiger partial charge in [-0.2, -0.15) is 0 Å². The van der Waals surface area contributed by atoms with Crippen LogP contribution in [0.2, 0.25) is 0 Å². The Morgan fingerprint density at radius 3 is 2.00 bits per heavy atom. The molecule has 0 saturated carbocycles. The van der Waals surface area contributed by atoms with Gasteiger partial charge in [0.1, 0.15) is 23.2 Å². The Hall–Kier alpha value is -1.01. The topological polar surface area (TPSA) is 70.8 Å². The Kier molecular flexibility index (Phi) is 6.07. The number of benzene rings is 1. The average Bonchev–Trinajstić information content (AvgIpc) is 2.38. The molecule has 5 nitrogen and oxygen atoms in total. The van der Waals surface area contributed by atoms with E-state index in [0.717, 1.165) is 12.1 Å². The number of nitrogens with two attached hydrogens (primary N) is 1. The predicted molar refractivity (Wildman–Crippen MR) is 70.7 cm³/mol. The van der Waals surface area contributed by atoms with Gasteiger partial charge in [-0.3, -0.25) is 4.57 Å². The van der Waals surface area contributed by atoms with Crippen LogP contribution >= 0.6 is 7.60 Å². The van der Waals surface area contributed by atoms with Gasteiger partial charge in [-0.25, -0.2) is 8.78 Å². The van der Waals surface area contributed by atoms with Crippen molar-refractivity contribution < 1.29 is 27.1 Å². The molecular weight excluding hydrogens is 291 g/mol. The second kappa shape index (κ2) is 7.13. The van der Waals surface area contributed by atoms with E-state index in [0.29, 0.717) is 0 Å². The van der Waals surface area contributed by atoms with Crippen LogP contribution in [-0.2, 0) is 13.6 Å². The Balaban J connectivity index is 3.25. The Bertz CT molecular complexity index is 479. The monoisotopic (exact) mass is 309 g/mol. The zero-order valence-corrected chi connectivity index (χ0v) is 12.5. The van der Waals surface area contributed by atoms with Crippen molar-refractivity contribution in [3.63, 3.8) is 0 Å². The summed E-state index contributed by atoms with van der Waals surface area (Å²) in [4.78, 5) is 0. The number of hydrogen-bond donors (Lipinski definition) is 1. The molecule has 0 spiro atoms. The Morgan fingerprint density at radius 2 is 1.65 bits per heavy atom. The summed E-state index contributed by atoms with van der Waals surface area (Å²) in [6.45, 7) is 3.26. The lowest BCUT2D eigenvalue weighted by Gasteiger charge is -2.24. The Morgan fingerprint density at radius 1 is 1.20 bits per heavy atom. The van der Waals surface area contributed by atoms with Crippen molar-refractivity contribution in [1.82, 2.24) is 0 Å². The molecule has 1 aromatic carbocycles. The smallest absolute Gasteiger partial charge is 0.351 e. The molecule has 0 fully saturated rings. The summed E-state index contributed by atoms with van der Waals surface area (Å²) in [6, 6.07) is 1.92. The third-order valence-corrected chi connectivity index (χ3v) is 4.72. The third kappa shape index (κ3) is 3.55. The van der Waals surface area contributed by atoms with E-state index in [2.05, 4.69) is 0 Å². The highest BCUT2D eigenvalue weighted by molar-refractivity contribution is 7.54. The maximum absolute atomic E-state index is 13.9. The van der Waals surface area contributed by atoms with Crippen LogP contribution in [0.25, 0.3) is 0 Å². The molecule has 1 rings (SSSR count). The van der Waals surface area contributed by atoms with Crippen LogP contribution in [-0.4, -0.2) is 20.3 Å². The molecule has 0 bridgehead atoms. The van der Waals surface area contributed by atoms with E-state index in [1.165, 1.54) is 7.11 Å². The second-order valence-corrected chi connectivity index (χ2v) is 5.98. The van der Waals surface area contributed by atoms with Crippen LogP contribution in [0.3, 0.4) is 0 Å². The van der Waals surface area contributed by atoms with Crippen LogP contribution in [0.15, 0.2) is 12.1 Å². The molecule has 0 unspecified atom stereocenters. The van der Waals surface area contributed by atoms with Crippen molar-refractivity contribution in [3.8, 4) is 5.75 Å². The molecule has 0 aliphatic rings. The second-order valence-electron chi connectivity index (χ2n) is 3.82. The van der Waals surface area contributed by atoms with Crippen LogP contribution in [0, 0.1) is 11.6 Å². The molecule has 0 saturated heterocycles. The summed E-state index contributed by atoms with van der Waals surface area (Å²) >= 11 is 0. The van der Waals surface area contributed by atoms with Crippen LogP contribution < -0.4 is 10.5 Å². The fourth-order valence-corrected chi connectivity index (χ4v) is 3.36. The van der Waals surface area contributed by atoms with Gasteiger partial charge in [0.05, 0.1) is 25.9 Å². The number of rotatable bonds is 7. The minimum atomic E-state index is -3.85. The summed E-state index contributed by atoms with van der Waals surface area (Å²) in [5, 5.41) is 0. The molecule has 2 N–H and O–H groups in total. The maximum Gasteiger partial charge on any atom is 0.351 e. The molecule has 0 amide bonds. The minimum absolute atomic E-state index is 0.00129. The largest absolute Gasteiger partial charge is 0.497 e. The highest BCUT2D eigenvalue weighted by Gasteiger charge is 2.37. The summed E-state index contributed by atoms with van der Waals surface area (Å²) in [7, 11) is -2.58. The highest BCUT2D eigenvalue weighted by atomic mass is 31.2. The van der Waals surface area contributed by atoms with Crippen molar-refractivity contribution in [2.45, 2.75) is 19.6 Å². The Labute approximate surface area is 116 Å². The lowest BCUT2D eigenvalue weighted by atomic mass is 10.2. The number of methoxy groups -OCH3 is 1. The van der Waals surface area contributed by atoms with Gasteiger partial charge in [0, 0.05) is 12.1 Å². The van der Waals surface area contributed by atoms with Gasteiger partial charge in [0.2, 0.25) is 0 Å². The van der Waals surface area contributed by atoms with E-state index in [4.69, 9.17) is 19.5 Å². The van der Waals surface area contributed by atoms with E-state index < -0.39 is 30.6 Å². The summed E-state index contributed by atoms with van der Waals surface area (Å²) in [5.74, 6) is -3.48. The number of halogens is 2. The quantitative estimate of drug-likeness (QED) is 0.783. The third-order valence-electron chi connectivity index (χ3n) is 2.54. The fraction of sp³-hybridized carbons (Fsp3) is 0.500. The fourth-order valence-electron chi connectivity index (χ4n) is 1.68. The van der Waals surface area contributed by atoms with E-state index in [1.54, 1.807) is 13.8 Å². The van der Waals surface area contributed by atoms with Crippen molar-refractivity contribution in [3.05, 3.63) is 29.3 Å². The first-order valence-electron chi connectivity index (χ1n) is 6.06. The zero-order valence-electron chi connectivity index (χ0n) is 11.6. The predicted octanol–water partition coefficient (Wildman–Crippen LogP) is 3.20. The van der Waals surface area contributed by atoms with Crippen LogP contribution in [0.4, 0.5) is 8.78 Å². The molecule has 0 aliphatic carbocycles. The van der Waals surface area contributed by atoms with Crippen molar-refractivity contribution >= 4 is 7.60 Å². The van der Waals surface area contributed by atoms with Gasteiger partial charge >= 0.3 is 7.60 Å². The molecule has 0 radical (unpaired) electrons. The molecule has 0 aliphatic heterocycles. The van der Waals surface area contributed by atoms with Crippen LogP contribution in [0.1, 0.15) is 25.2 Å². The van der Waals surface area contributed by atoms with Crippen molar-refractivity contribution in [2.24, 2.45) is 5.73 Å². The van der Waals surface area contributed by atoms with Gasteiger partial charge in [-0.15, -0.1) is 0 Å². The van der Waals surface area contributed by atoms with E-state index in [1.807, 2.05) is 0 Å². The molecule has 1 aromatic rings. The SMILES string of the molecule is CCOP(=O)(OCC)[C@H](N)c1c(F)cc(OC)cc1F. The normalized spacial score (nSPS) is 13.3. The summed E-state index contributed by atoms with van der Waals surface area (Å²) in [5.41, 5.74) is 5.16. The summed E-state index contributed by atoms with van der Waals surface area (Å²) in [6.07, 6.45) is 0. The van der Waals surface area contributed by atoms with Gasteiger partial charge < -0.3 is 19.5 Å². The lowest BCUT2D eigenvalue weighted by molar-refractivity contribution is 0.211. The number of hydrogen-bond acceptors (Lipinski definition) is 5. The number of ether oxygens (including phenoxy) is 1. The molecular formula is C12H18F2NO4P. The highest BCUT2D eigenvalue weighted by Crippen LogP contribution is 2.59. The van der Waals surface area contributed by atoms with Gasteiger partial charge in [0.25, 0.3) is 0 Å². The zero-order chi connectivity index (χ0) is 15.3. The average molecular weight is 309 g/mol. The molecule has 114 valence electrons. The van der Waals surface area contributed by atoms with E-state index in [9.17, 15) is 13.3 Å². The van der Waals surface area contributed by atoms with Gasteiger partial charge in [-0.05, 0) is 13.8 Å². The van der Waals surface area contributed by atoms with Gasteiger partial charge in [0.15, 0.2) is 0 Å². The molecule has 0 heterocycles. The van der Waals surface area contributed by atoms with E-state index >= 15 is 0 Å². The van der Waals surface area contributed by atoms with Crippen molar-refractivity contribution in [2.75, 3.05) is 20.3 Å². The first-order valence-corrected chi connectivity index (χ1v) is 7.68. The molecule has 1 atom stereocenters. The van der Waals surface area contributed by atoms with Gasteiger partial charge in [-0.1, -0.05) is 0 Å². The minimum Gasteiger partial charge on any atom is -0.497 e. The summed E-state index contributed by atoms with van der Waals surface area (Å²) < 4.78 is 55.0. The lowest BCUT2D eigenvalue weighted by Crippen LogP contribution is -2.18. The molecule has 8 heteroatoms. The molecule has 20 heavy (non-hydrogen) atoms. The van der Waals surface area contributed by atoms with Crippen molar-refractivity contribution in [1.29, 1.82) is 0 Å². The first-order chi connectivity index (χ1) is 9.39. The first kappa shape index (κ1) is 17.0. The van der Waals surface area contributed by atoms with Crippen LogP contribution in [0.5, 0.6) is 5.75 Å².